The molecule has 0 saturated carbocycles. The van der Waals surface area contributed by atoms with Crippen LogP contribution in [-0.2, 0) is 4.74 Å². The van der Waals surface area contributed by atoms with Crippen LogP contribution in [0.5, 0.6) is 11.6 Å². The molecule has 0 spiro atoms. The van der Waals surface area contributed by atoms with Crippen LogP contribution in [0.1, 0.15) is 17.3 Å². The fourth-order valence-corrected chi connectivity index (χ4v) is 1.71. The maximum Gasteiger partial charge on any atom is 0.338 e. The van der Waals surface area contributed by atoms with E-state index < -0.39 is 0 Å². The lowest BCUT2D eigenvalue weighted by atomic mass is 10.2. The second-order valence-electron chi connectivity index (χ2n) is 4.58. The number of nitrogens with zero attached hydrogens (tertiary/aromatic N) is 2. The van der Waals surface area contributed by atoms with Crippen LogP contribution >= 0.6 is 0 Å². The van der Waals surface area contributed by atoms with E-state index in [4.69, 9.17) is 9.47 Å². The van der Waals surface area contributed by atoms with Crippen LogP contribution in [0.4, 0.5) is 5.82 Å². The highest BCUT2D eigenvalue weighted by molar-refractivity contribution is 5.90. The zero-order valence-electron chi connectivity index (χ0n) is 12.4. The number of hydrogen-bond donors (Lipinski definition) is 0. The molecule has 110 valence electrons. The van der Waals surface area contributed by atoms with Gasteiger partial charge < -0.3 is 14.4 Å². The Labute approximate surface area is 124 Å². The number of rotatable bonds is 5. The third-order valence-corrected chi connectivity index (χ3v) is 2.72. The van der Waals surface area contributed by atoms with Crippen molar-refractivity contribution in [2.45, 2.75) is 6.92 Å². The molecular weight excluding hydrogens is 268 g/mol. The second-order valence-corrected chi connectivity index (χ2v) is 4.58. The smallest absolute Gasteiger partial charge is 0.338 e. The molecule has 1 heterocycles. The minimum atomic E-state index is -0.388. The van der Waals surface area contributed by atoms with Gasteiger partial charge in [-0.3, -0.25) is 0 Å². The molecule has 0 bridgehead atoms. The highest BCUT2D eigenvalue weighted by Gasteiger charge is 2.13. The number of anilines is 1. The van der Waals surface area contributed by atoms with E-state index in [0.717, 1.165) is 0 Å². The molecule has 0 N–H and O–H groups in total. The zero-order chi connectivity index (χ0) is 15.2. The van der Waals surface area contributed by atoms with Crippen LogP contribution < -0.4 is 9.64 Å². The Morgan fingerprint density at radius 2 is 1.90 bits per heavy atom. The minimum Gasteiger partial charge on any atom is -0.462 e. The molecule has 2 aromatic rings. The average molecular weight is 286 g/mol. The Morgan fingerprint density at radius 3 is 2.52 bits per heavy atom. The summed E-state index contributed by atoms with van der Waals surface area (Å²) in [5, 5.41) is 0. The molecule has 5 nitrogen and oxygen atoms in total. The van der Waals surface area contributed by atoms with Gasteiger partial charge in [0.1, 0.15) is 11.6 Å². The van der Waals surface area contributed by atoms with Crippen molar-refractivity contribution < 1.29 is 14.3 Å². The number of aromatic nitrogens is 1. The van der Waals surface area contributed by atoms with Gasteiger partial charge in [-0.2, -0.15) is 4.98 Å². The van der Waals surface area contributed by atoms with Crippen molar-refractivity contribution in [3.8, 4) is 11.6 Å². The number of esters is 1. The summed E-state index contributed by atoms with van der Waals surface area (Å²) in [4.78, 5) is 18.1. The number of para-hydroxylation sites is 1. The summed E-state index contributed by atoms with van der Waals surface area (Å²) in [6.07, 6.45) is 0. The van der Waals surface area contributed by atoms with E-state index in [1.165, 1.54) is 0 Å². The molecule has 0 atom stereocenters. The monoisotopic (exact) mass is 286 g/mol. The lowest BCUT2D eigenvalue weighted by Crippen LogP contribution is -2.13. The third kappa shape index (κ3) is 3.95. The highest BCUT2D eigenvalue weighted by Crippen LogP contribution is 2.24. The molecule has 0 aliphatic carbocycles. The molecule has 0 radical (unpaired) electrons. The Kier molecular flexibility index (Phi) is 4.77. The number of carbonyl (C=O) groups excluding carboxylic acids is 1. The predicted molar refractivity (Wildman–Crippen MR) is 81.0 cm³/mol. The second kappa shape index (κ2) is 6.74. The molecule has 21 heavy (non-hydrogen) atoms. The lowest BCUT2D eigenvalue weighted by molar-refractivity contribution is 0.0526. The van der Waals surface area contributed by atoms with Gasteiger partial charge in [-0.05, 0) is 25.1 Å². The first kappa shape index (κ1) is 14.8. The number of hydrogen-bond acceptors (Lipinski definition) is 5. The molecule has 1 aromatic heterocycles. The maximum absolute atomic E-state index is 11.9. The fraction of sp³-hybridized carbons (Fsp3) is 0.250. The van der Waals surface area contributed by atoms with Crippen molar-refractivity contribution in [3.05, 3.63) is 48.0 Å². The Hall–Kier alpha value is -2.56. The topological polar surface area (TPSA) is 51.7 Å². The minimum absolute atomic E-state index is 0.327. The zero-order valence-corrected chi connectivity index (χ0v) is 12.4. The van der Waals surface area contributed by atoms with E-state index in [9.17, 15) is 4.79 Å². The average Bonchev–Trinajstić information content (AvgIpc) is 2.48. The van der Waals surface area contributed by atoms with Gasteiger partial charge in [0.15, 0.2) is 0 Å². The van der Waals surface area contributed by atoms with Crippen LogP contribution in [0.2, 0.25) is 0 Å². The van der Waals surface area contributed by atoms with Crippen LogP contribution in [-0.4, -0.2) is 31.7 Å². The van der Waals surface area contributed by atoms with E-state index in [1.54, 1.807) is 24.0 Å². The largest absolute Gasteiger partial charge is 0.462 e. The molecular formula is C16H18N2O3. The van der Waals surface area contributed by atoms with Gasteiger partial charge in [0.25, 0.3) is 0 Å². The standard InChI is InChI=1S/C16H18N2O3/c1-4-20-16(19)12-10-14(18(2)3)17-15(11-12)21-13-8-6-5-7-9-13/h5-11H,4H2,1-3H3. The molecule has 0 saturated heterocycles. The van der Waals surface area contributed by atoms with E-state index in [2.05, 4.69) is 4.98 Å². The van der Waals surface area contributed by atoms with Gasteiger partial charge >= 0.3 is 5.97 Å². The lowest BCUT2D eigenvalue weighted by Gasteiger charge is -2.14. The Bertz CT molecular complexity index is 612. The van der Waals surface area contributed by atoms with E-state index in [1.807, 2.05) is 44.4 Å². The van der Waals surface area contributed by atoms with Gasteiger partial charge in [0.05, 0.1) is 12.2 Å². The van der Waals surface area contributed by atoms with Gasteiger partial charge in [-0.25, -0.2) is 4.79 Å². The van der Waals surface area contributed by atoms with Crippen LogP contribution in [0, 0.1) is 0 Å². The molecule has 5 heteroatoms. The molecule has 0 amide bonds. The van der Waals surface area contributed by atoms with E-state index in [0.29, 0.717) is 29.6 Å². The molecule has 0 aliphatic heterocycles. The number of carbonyl (C=O) groups is 1. The third-order valence-electron chi connectivity index (χ3n) is 2.72. The number of ether oxygens (including phenoxy) is 2. The quantitative estimate of drug-likeness (QED) is 0.790. The Balaban J connectivity index is 2.33. The van der Waals surface area contributed by atoms with Crippen molar-refractivity contribution >= 4 is 11.8 Å². The van der Waals surface area contributed by atoms with E-state index in [-0.39, 0.29) is 5.97 Å². The van der Waals surface area contributed by atoms with Crippen molar-refractivity contribution in [2.75, 3.05) is 25.6 Å². The highest BCUT2D eigenvalue weighted by atomic mass is 16.5. The summed E-state index contributed by atoms with van der Waals surface area (Å²) in [6, 6.07) is 12.6. The molecule has 0 fully saturated rings. The predicted octanol–water partition coefficient (Wildman–Crippen LogP) is 3.12. The fourth-order valence-electron chi connectivity index (χ4n) is 1.71. The van der Waals surface area contributed by atoms with Gasteiger partial charge in [0, 0.05) is 20.2 Å². The van der Waals surface area contributed by atoms with Crippen molar-refractivity contribution in [1.82, 2.24) is 4.98 Å². The summed E-state index contributed by atoms with van der Waals surface area (Å²) in [5.74, 6) is 1.26. The summed E-state index contributed by atoms with van der Waals surface area (Å²) >= 11 is 0. The summed E-state index contributed by atoms with van der Waals surface area (Å²) in [6.45, 7) is 2.10. The van der Waals surface area contributed by atoms with Gasteiger partial charge in [-0.1, -0.05) is 18.2 Å². The van der Waals surface area contributed by atoms with Crippen molar-refractivity contribution in [3.63, 3.8) is 0 Å². The summed E-state index contributed by atoms with van der Waals surface area (Å²) in [7, 11) is 3.70. The number of pyridine rings is 1. The SMILES string of the molecule is CCOC(=O)c1cc(Oc2ccccc2)nc(N(C)C)c1. The molecule has 0 unspecified atom stereocenters. The molecule has 1 aromatic carbocycles. The van der Waals surface area contributed by atoms with Crippen LogP contribution in [0.25, 0.3) is 0 Å². The van der Waals surface area contributed by atoms with Crippen LogP contribution in [0.15, 0.2) is 42.5 Å². The van der Waals surface area contributed by atoms with Crippen LogP contribution in [0.3, 0.4) is 0 Å². The first-order valence-electron chi connectivity index (χ1n) is 6.69. The summed E-state index contributed by atoms with van der Waals surface area (Å²) < 4.78 is 10.7. The first-order valence-corrected chi connectivity index (χ1v) is 6.69. The van der Waals surface area contributed by atoms with Gasteiger partial charge in [0.2, 0.25) is 5.88 Å². The first-order chi connectivity index (χ1) is 10.1. The van der Waals surface area contributed by atoms with E-state index >= 15 is 0 Å². The number of benzene rings is 1. The molecule has 2 rings (SSSR count). The van der Waals surface area contributed by atoms with Gasteiger partial charge in [-0.15, -0.1) is 0 Å². The summed E-state index contributed by atoms with van der Waals surface area (Å²) in [5.41, 5.74) is 0.418. The molecule has 0 aliphatic rings. The maximum atomic E-state index is 11.9. The van der Waals surface area contributed by atoms with Crippen molar-refractivity contribution in [2.24, 2.45) is 0 Å². The normalized spacial score (nSPS) is 10.0. The Morgan fingerprint density at radius 1 is 1.19 bits per heavy atom. The van der Waals surface area contributed by atoms with Crippen molar-refractivity contribution in [1.29, 1.82) is 0 Å².